The van der Waals surface area contributed by atoms with Gasteiger partial charge < -0.3 is 4.74 Å². The van der Waals surface area contributed by atoms with Gasteiger partial charge in [0.25, 0.3) is 0 Å². The molecular formula is C23H17BrN4O. The summed E-state index contributed by atoms with van der Waals surface area (Å²) in [4.78, 5) is 14.5. The Morgan fingerprint density at radius 2 is 1.62 bits per heavy atom. The summed E-state index contributed by atoms with van der Waals surface area (Å²) in [6.45, 7) is 2.61. The second-order valence-corrected chi connectivity index (χ2v) is 7.48. The first kappa shape index (κ1) is 17.8. The average Bonchev–Trinajstić information content (AvgIpc) is 3.11. The van der Waals surface area contributed by atoms with Crippen molar-refractivity contribution in [1.82, 2.24) is 19.5 Å². The van der Waals surface area contributed by atoms with Crippen LogP contribution in [-0.2, 0) is 0 Å². The summed E-state index contributed by atoms with van der Waals surface area (Å²) in [6.07, 6.45) is 0. The summed E-state index contributed by atoms with van der Waals surface area (Å²) in [5, 5.41) is 0. The van der Waals surface area contributed by atoms with Gasteiger partial charge in [-0.2, -0.15) is 0 Å². The Hall–Kier alpha value is -3.25. The average molecular weight is 445 g/mol. The topological polar surface area (TPSA) is 52.8 Å². The normalized spacial score (nSPS) is 11.2. The Bertz CT molecular complexity index is 1330. The van der Waals surface area contributed by atoms with Crippen LogP contribution < -0.4 is 4.74 Å². The number of para-hydroxylation sites is 2. The number of nitrogens with zero attached hydrogens (tertiary/aromatic N) is 4. The molecule has 6 heteroatoms. The lowest BCUT2D eigenvalue weighted by atomic mass is 10.2. The van der Waals surface area contributed by atoms with Crippen LogP contribution in [0, 0.1) is 0 Å². The lowest BCUT2D eigenvalue weighted by molar-refractivity contribution is 0.340. The summed E-state index contributed by atoms with van der Waals surface area (Å²) in [7, 11) is 0. The quantitative estimate of drug-likeness (QED) is 0.351. The van der Waals surface area contributed by atoms with E-state index in [9.17, 15) is 0 Å². The molecule has 0 atom stereocenters. The molecule has 5 aromatic rings. The van der Waals surface area contributed by atoms with Crippen molar-refractivity contribution in [2.45, 2.75) is 6.92 Å². The van der Waals surface area contributed by atoms with E-state index >= 15 is 0 Å². The molecule has 0 bridgehead atoms. The number of aromatic nitrogens is 4. The van der Waals surface area contributed by atoms with Gasteiger partial charge in [-0.15, -0.1) is 0 Å². The van der Waals surface area contributed by atoms with Gasteiger partial charge in [0.1, 0.15) is 11.6 Å². The van der Waals surface area contributed by atoms with Crippen LogP contribution in [-0.4, -0.2) is 26.1 Å². The molecule has 0 saturated heterocycles. The lowest BCUT2D eigenvalue weighted by Crippen LogP contribution is -2.00. The molecule has 2 aromatic heterocycles. The van der Waals surface area contributed by atoms with Crippen LogP contribution in [0.4, 0.5) is 0 Å². The second kappa shape index (κ2) is 7.29. The van der Waals surface area contributed by atoms with E-state index in [2.05, 4.69) is 15.9 Å². The summed E-state index contributed by atoms with van der Waals surface area (Å²) in [6, 6.07) is 23.9. The molecule has 0 fully saturated rings. The van der Waals surface area contributed by atoms with Crippen molar-refractivity contribution in [2.24, 2.45) is 0 Å². The molecule has 5 nitrogen and oxygen atoms in total. The number of hydrogen-bond donors (Lipinski definition) is 0. The van der Waals surface area contributed by atoms with E-state index in [1.165, 1.54) is 0 Å². The van der Waals surface area contributed by atoms with Crippen LogP contribution in [0.3, 0.4) is 0 Å². The van der Waals surface area contributed by atoms with Crippen molar-refractivity contribution in [1.29, 1.82) is 0 Å². The SMILES string of the molecule is CCOc1ccc(-n2c(-c3cccc(Br)c3)nc3nc4ccccc4nc32)cc1. The third kappa shape index (κ3) is 3.25. The van der Waals surface area contributed by atoms with E-state index < -0.39 is 0 Å². The van der Waals surface area contributed by atoms with E-state index in [4.69, 9.17) is 19.7 Å². The second-order valence-electron chi connectivity index (χ2n) is 6.57. The van der Waals surface area contributed by atoms with E-state index in [1.807, 2.05) is 84.3 Å². The van der Waals surface area contributed by atoms with E-state index in [0.717, 1.165) is 44.0 Å². The molecule has 29 heavy (non-hydrogen) atoms. The van der Waals surface area contributed by atoms with Gasteiger partial charge >= 0.3 is 0 Å². The first-order chi connectivity index (χ1) is 14.2. The first-order valence-electron chi connectivity index (χ1n) is 9.37. The van der Waals surface area contributed by atoms with Gasteiger partial charge in [-0.25, -0.2) is 15.0 Å². The van der Waals surface area contributed by atoms with Crippen molar-refractivity contribution in [3.8, 4) is 22.8 Å². The summed E-state index contributed by atoms with van der Waals surface area (Å²) in [5.74, 6) is 1.63. The number of halogens is 1. The molecule has 0 aliphatic heterocycles. The number of fused-ring (bicyclic) bond motifs is 2. The Morgan fingerprint density at radius 3 is 2.34 bits per heavy atom. The summed E-state index contributed by atoms with van der Waals surface area (Å²) >= 11 is 3.56. The largest absolute Gasteiger partial charge is 0.494 e. The van der Waals surface area contributed by atoms with Crippen molar-refractivity contribution in [3.05, 3.63) is 77.3 Å². The molecule has 142 valence electrons. The van der Waals surface area contributed by atoms with E-state index in [0.29, 0.717) is 12.3 Å². The molecule has 5 rings (SSSR count). The van der Waals surface area contributed by atoms with Gasteiger partial charge in [0, 0.05) is 15.7 Å². The zero-order valence-electron chi connectivity index (χ0n) is 15.7. The molecule has 0 amide bonds. The van der Waals surface area contributed by atoms with E-state index in [-0.39, 0.29) is 0 Å². The van der Waals surface area contributed by atoms with Gasteiger partial charge in [-0.1, -0.05) is 40.2 Å². The van der Waals surface area contributed by atoms with Crippen LogP contribution >= 0.6 is 15.9 Å². The minimum absolute atomic E-state index is 0.618. The standard InChI is InChI=1S/C23H17BrN4O/c1-2-29-18-12-10-17(11-13-18)28-22(15-6-5-7-16(24)14-15)27-21-23(28)26-20-9-4-3-8-19(20)25-21/h3-14H,2H2,1H3. The fraction of sp³-hybridized carbons (Fsp3) is 0.0870. The van der Waals surface area contributed by atoms with Gasteiger partial charge in [0.2, 0.25) is 0 Å². The Balaban J connectivity index is 1.80. The Morgan fingerprint density at radius 1 is 0.862 bits per heavy atom. The van der Waals surface area contributed by atoms with Crippen LogP contribution in [0.1, 0.15) is 6.92 Å². The minimum atomic E-state index is 0.618. The molecular weight excluding hydrogens is 428 g/mol. The van der Waals surface area contributed by atoms with Crippen LogP contribution in [0.25, 0.3) is 39.4 Å². The Labute approximate surface area is 176 Å². The van der Waals surface area contributed by atoms with Gasteiger partial charge in [-0.05, 0) is 55.5 Å². The summed E-state index contributed by atoms with van der Waals surface area (Å²) < 4.78 is 8.63. The Kier molecular flexibility index (Phi) is 4.48. The highest BCUT2D eigenvalue weighted by Gasteiger charge is 2.17. The molecule has 0 unspecified atom stereocenters. The van der Waals surface area contributed by atoms with Crippen molar-refractivity contribution in [3.63, 3.8) is 0 Å². The number of ether oxygens (including phenoxy) is 1. The maximum absolute atomic E-state index is 5.59. The van der Waals surface area contributed by atoms with Crippen LogP contribution in [0.15, 0.2) is 77.3 Å². The highest BCUT2D eigenvalue weighted by molar-refractivity contribution is 9.10. The van der Waals surface area contributed by atoms with E-state index in [1.54, 1.807) is 0 Å². The van der Waals surface area contributed by atoms with Crippen molar-refractivity contribution >= 4 is 38.3 Å². The monoisotopic (exact) mass is 444 g/mol. The molecule has 0 N–H and O–H groups in total. The highest BCUT2D eigenvalue weighted by atomic mass is 79.9. The number of imidazole rings is 1. The highest BCUT2D eigenvalue weighted by Crippen LogP contribution is 2.30. The summed E-state index contributed by atoms with van der Waals surface area (Å²) in [5.41, 5.74) is 4.95. The zero-order valence-corrected chi connectivity index (χ0v) is 17.3. The fourth-order valence-corrected chi connectivity index (χ4v) is 3.78. The van der Waals surface area contributed by atoms with Gasteiger partial charge in [-0.3, -0.25) is 4.57 Å². The molecule has 2 heterocycles. The molecule has 0 radical (unpaired) electrons. The van der Waals surface area contributed by atoms with Crippen molar-refractivity contribution in [2.75, 3.05) is 6.61 Å². The predicted octanol–water partition coefficient (Wildman–Crippen LogP) is 5.80. The smallest absolute Gasteiger partial charge is 0.199 e. The van der Waals surface area contributed by atoms with Crippen LogP contribution in [0.2, 0.25) is 0 Å². The first-order valence-corrected chi connectivity index (χ1v) is 10.2. The fourth-order valence-electron chi connectivity index (χ4n) is 3.38. The predicted molar refractivity (Wildman–Crippen MR) is 118 cm³/mol. The number of hydrogen-bond acceptors (Lipinski definition) is 4. The van der Waals surface area contributed by atoms with Gasteiger partial charge in [0.15, 0.2) is 11.3 Å². The molecule has 3 aromatic carbocycles. The zero-order chi connectivity index (χ0) is 19.8. The maximum atomic E-state index is 5.59. The minimum Gasteiger partial charge on any atom is -0.494 e. The maximum Gasteiger partial charge on any atom is 0.199 e. The third-order valence-corrected chi connectivity index (χ3v) is 5.15. The molecule has 0 aliphatic carbocycles. The molecule has 0 spiro atoms. The number of rotatable bonds is 4. The lowest BCUT2D eigenvalue weighted by Gasteiger charge is -2.10. The van der Waals surface area contributed by atoms with Crippen LogP contribution in [0.5, 0.6) is 5.75 Å². The molecule has 0 aliphatic rings. The van der Waals surface area contributed by atoms with Crippen molar-refractivity contribution < 1.29 is 4.74 Å². The number of benzene rings is 3. The molecule has 0 saturated carbocycles. The van der Waals surface area contributed by atoms with Gasteiger partial charge in [0.05, 0.1) is 17.6 Å². The third-order valence-electron chi connectivity index (χ3n) is 4.66.